The molecule has 0 saturated carbocycles. The lowest BCUT2D eigenvalue weighted by atomic mass is 9.98. The Morgan fingerprint density at radius 2 is 1.95 bits per heavy atom. The molecule has 0 aliphatic carbocycles. The summed E-state index contributed by atoms with van der Waals surface area (Å²) in [6, 6.07) is 9.46. The third kappa shape index (κ3) is 4.30. The Morgan fingerprint density at radius 1 is 1.21 bits per heavy atom. The Kier molecular flexibility index (Phi) is 5.83. The van der Waals surface area contributed by atoms with Crippen molar-refractivity contribution in [1.29, 1.82) is 0 Å². The first-order valence-electron chi connectivity index (χ1n) is 7.34. The molecule has 3 heteroatoms. The van der Waals surface area contributed by atoms with Crippen molar-refractivity contribution >= 4 is 0 Å². The molecule has 1 aliphatic rings. The van der Waals surface area contributed by atoms with Crippen molar-refractivity contribution in [2.45, 2.75) is 44.9 Å². The van der Waals surface area contributed by atoms with E-state index < -0.39 is 0 Å². The number of likely N-dealkylation sites (tertiary alicyclic amines) is 1. The summed E-state index contributed by atoms with van der Waals surface area (Å²) in [5.74, 6) is 0. The van der Waals surface area contributed by atoms with Crippen molar-refractivity contribution in [3.05, 3.63) is 35.4 Å². The van der Waals surface area contributed by atoms with Gasteiger partial charge >= 0.3 is 0 Å². The molecule has 0 radical (unpaired) electrons. The number of nitrogens with zero attached hydrogens (tertiary/aromatic N) is 1. The summed E-state index contributed by atoms with van der Waals surface area (Å²) < 4.78 is 5.14. The summed E-state index contributed by atoms with van der Waals surface area (Å²) in [5.41, 5.74) is 8.36. The summed E-state index contributed by atoms with van der Waals surface area (Å²) in [5, 5.41) is 0. The molecule has 1 atom stereocenters. The monoisotopic (exact) mass is 262 g/mol. The van der Waals surface area contributed by atoms with Crippen molar-refractivity contribution < 1.29 is 4.74 Å². The van der Waals surface area contributed by atoms with E-state index in [4.69, 9.17) is 10.5 Å². The van der Waals surface area contributed by atoms with Crippen LogP contribution in [-0.2, 0) is 17.9 Å². The molecule has 0 aromatic heterocycles. The van der Waals surface area contributed by atoms with Gasteiger partial charge in [0.2, 0.25) is 0 Å². The SMILES string of the molecule is COCc1ccc(CN2CCCCC2CCN)cc1. The Hall–Kier alpha value is -0.900. The summed E-state index contributed by atoms with van der Waals surface area (Å²) in [6.07, 6.45) is 5.11. The van der Waals surface area contributed by atoms with Crippen molar-refractivity contribution in [2.75, 3.05) is 20.2 Å². The smallest absolute Gasteiger partial charge is 0.0713 e. The van der Waals surface area contributed by atoms with Crippen LogP contribution >= 0.6 is 0 Å². The number of hydrogen-bond donors (Lipinski definition) is 1. The van der Waals surface area contributed by atoms with Crippen LogP contribution in [0.2, 0.25) is 0 Å². The first-order valence-corrected chi connectivity index (χ1v) is 7.34. The van der Waals surface area contributed by atoms with Gasteiger partial charge in [-0.1, -0.05) is 30.7 Å². The predicted molar refractivity (Wildman–Crippen MR) is 78.9 cm³/mol. The number of nitrogens with two attached hydrogens (primary N) is 1. The third-order valence-corrected chi connectivity index (χ3v) is 3.97. The highest BCUT2D eigenvalue weighted by Crippen LogP contribution is 2.21. The Balaban J connectivity index is 1.94. The molecule has 106 valence electrons. The molecule has 1 unspecified atom stereocenters. The van der Waals surface area contributed by atoms with Crippen LogP contribution < -0.4 is 5.73 Å². The summed E-state index contributed by atoms with van der Waals surface area (Å²) >= 11 is 0. The maximum absolute atomic E-state index is 5.73. The molecule has 1 aromatic rings. The van der Waals surface area contributed by atoms with Crippen molar-refractivity contribution in [1.82, 2.24) is 4.90 Å². The molecule has 1 fully saturated rings. The molecule has 3 nitrogen and oxygen atoms in total. The van der Waals surface area contributed by atoms with E-state index in [-0.39, 0.29) is 0 Å². The Bertz CT molecular complexity index is 362. The molecule has 2 N–H and O–H groups in total. The zero-order valence-corrected chi connectivity index (χ0v) is 12.0. The van der Waals surface area contributed by atoms with Crippen LogP contribution in [0.3, 0.4) is 0 Å². The zero-order valence-electron chi connectivity index (χ0n) is 12.0. The minimum Gasteiger partial charge on any atom is -0.380 e. The van der Waals surface area contributed by atoms with Crippen LogP contribution in [0.1, 0.15) is 36.8 Å². The molecule has 1 aromatic carbocycles. The van der Waals surface area contributed by atoms with E-state index in [0.29, 0.717) is 12.6 Å². The predicted octanol–water partition coefficient (Wildman–Crippen LogP) is 2.54. The molecule has 19 heavy (non-hydrogen) atoms. The van der Waals surface area contributed by atoms with E-state index in [1.807, 2.05) is 0 Å². The van der Waals surface area contributed by atoms with Gasteiger partial charge < -0.3 is 10.5 Å². The maximum Gasteiger partial charge on any atom is 0.0713 e. The van der Waals surface area contributed by atoms with Crippen LogP contribution in [0.25, 0.3) is 0 Å². The Morgan fingerprint density at radius 3 is 2.63 bits per heavy atom. The standard InChI is InChI=1S/C16H26N2O/c1-19-13-15-7-5-14(6-8-15)12-18-11-3-2-4-16(18)9-10-17/h5-8,16H,2-4,9-13,17H2,1H3. The molecule has 0 spiro atoms. The van der Waals surface area contributed by atoms with E-state index in [1.54, 1.807) is 7.11 Å². The average Bonchev–Trinajstić information content (AvgIpc) is 2.44. The number of ether oxygens (including phenoxy) is 1. The molecular formula is C16H26N2O. The quantitative estimate of drug-likeness (QED) is 0.856. The zero-order chi connectivity index (χ0) is 13.5. The van der Waals surface area contributed by atoms with Gasteiger partial charge in [0.05, 0.1) is 6.61 Å². The second kappa shape index (κ2) is 7.63. The highest BCUT2D eigenvalue weighted by atomic mass is 16.5. The first-order chi connectivity index (χ1) is 9.33. The van der Waals surface area contributed by atoms with Gasteiger partial charge in [0.1, 0.15) is 0 Å². The molecule has 0 amide bonds. The number of methoxy groups -OCH3 is 1. The molecule has 1 heterocycles. The van der Waals surface area contributed by atoms with Crippen LogP contribution in [0, 0.1) is 0 Å². The van der Waals surface area contributed by atoms with Gasteiger partial charge in [0.25, 0.3) is 0 Å². The number of piperidine rings is 1. The van der Waals surface area contributed by atoms with Gasteiger partial charge in [-0.05, 0) is 43.5 Å². The average molecular weight is 262 g/mol. The molecule has 1 saturated heterocycles. The lowest BCUT2D eigenvalue weighted by molar-refractivity contribution is 0.134. The molecule has 0 bridgehead atoms. The Labute approximate surface area is 116 Å². The normalized spacial score (nSPS) is 20.6. The van der Waals surface area contributed by atoms with Gasteiger partial charge in [-0.3, -0.25) is 4.90 Å². The van der Waals surface area contributed by atoms with Gasteiger partial charge in [-0.2, -0.15) is 0 Å². The third-order valence-electron chi connectivity index (χ3n) is 3.97. The minimum atomic E-state index is 0.678. The van der Waals surface area contributed by atoms with Crippen LogP contribution in [0.4, 0.5) is 0 Å². The van der Waals surface area contributed by atoms with Gasteiger partial charge in [-0.25, -0.2) is 0 Å². The number of rotatable bonds is 6. The van der Waals surface area contributed by atoms with Gasteiger partial charge in [0, 0.05) is 19.7 Å². The van der Waals surface area contributed by atoms with E-state index in [0.717, 1.165) is 19.5 Å². The summed E-state index contributed by atoms with van der Waals surface area (Å²) in [4.78, 5) is 2.60. The number of benzene rings is 1. The van der Waals surface area contributed by atoms with Gasteiger partial charge in [0.15, 0.2) is 0 Å². The second-order valence-corrected chi connectivity index (χ2v) is 5.45. The highest BCUT2D eigenvalue weighted by molar-refractivity contribution is 5.22. The largest absolute Gasteiger partial charge is 0.380 e. The van der Waals surface area contributed by atoms with Crippen molar-refractivity contribution in [3.63, 3.8) is 0 Å². The van der Waals surface area contributed by atoms with Crippen molar-refractivity contribution in [3.8, 4) is 0 Å². The van der Waals surface area contributed by atoms with Crippen LogP contribution in [-0.4, -0.2) is 31.1 Å². The lowest BCUT2D eigenvalue weighted by Gasteiger charge is -2.35. The summed E-state index contributed by atoms with van der Waals surface area (Å²) in [6.45, 7) is 3.76. The van der Waals surface area contributed by atoms with Crippen LogP contribution in [0.15, 0.2) is 24.3 Å². The molecule has 2 rings (SSSR count). The first kappa shape index (κ1) is 14.5. The van der Waals surface area contributed by atoms with Gasteiger partial charge in [-0.15, -0.1) is 0 Å². The fourth-order valence-electron chi connectivity index (χ4n) is 2.93. The number of hydrogen-bond acceptors (Lipinski definition) is 3. The van der Waals surface area contributed by atoms with Crippen LogP contribution in [0.5, 0.6) is 0 Å². The second-order valence-electron chi connectivity index (χ2n) is 5.45. The van der Waals surface area contributed by atoms with E-state index in [2.05, 4.69) is 29.2 Å². The fourth-order valence-corrected chi connectivity index (χ4v) is 2.93. The van der Waals surface area contributed by atoms with E-state index >= 15 is 0 Å². The van der Waals surface area contributed by atoms with E-state index in [9.17, 15) is 0 Å². The fraction of sp³-hybridized carbons (Fsp3) is 0.625. The van der Waals surface area contributed by atoms with E-state index in [1.165, 1.54) is 36.9 Å². The van der Waals surface area contributed by atoms with Crippen molar-refractivity contribution in [2.24, 2.45) is 5.73 Å². The maximum atomic E-state index is 5.73. The minimum absolute atomic E-state index is 0.678. The highest BCUT2D eigenvalue weighted by Gasteiger charge is 2.21. The molecule has 1 aliphatic heterocycles. The lowest BCUT2D eigenvalue weighted by Crippen LogP contribution is -2.40. The topological polar surface area (TPSA) is 38.5 Å². The molecular weight excluding hydrogens is 236 g/mol. The summed E-state index contributed by atoms with van der Waals surface area (Å²) in [7, 11) is 1.74.